The Morgan fingerprint density at radius 3 is 2.65 bits per heavy atom. The number of thioether (sulfide) groups is 2. The maximum atomic E-state index is 4.53. The number of aromatic nitrogens is 2. The summed E-state index contributed by atoms with van der Waals surface area (Å²) in [5.74, 6) is 2.43. The zero-order valence-corrected chi connectivity index (χ0v) is 14.9. The average Bonchev–Trinajstić information content (AvgIpc) is 2.96. The summed E-state index contributed by atoms with van der Waals surface area (Å²) in [5.41, 5.74) is 4.49. The minimum Gasteiger partial charge on any atom is -0.237 e. The maximum absolute atomic E-state index is 4.53. The normalized spacial score (nSPS) is 15.5. The molecule has 0 bridgehead atoms. The SMILES string of the molecule is C=C/C(C=C1SCCCS1)=C\c1cnn(-c2ccccc2)c1C. The predicted molar refractivity (Wildman–Crippen MR) is 104 cm³/mol. The van der Waals surface area contributed by atoms with Gasteiger partial charge in [-0.3, -0.25) is 0 Å². The Morgan fingerprint density at radius 1 is 1.22 bits per heavy atom. The Morgan fingerprint density at radius 2 is 1.96 bits per heavy atom. The van der Waals surface area contributed by atoms with Gasteiger partial charge in [-0.25, -0.2) is 4.68 Å². The molecule has 0 saturated carbocycles. The van der Waals surface area contributed by atoms with E-state index in [2.05, 4.69) is 42.9 Å². The van der Waals surface area contributed by atoms with E-state index in [4.69, 9.17) is 0 Å². The van der Waals surface area contributed by atoms with Crippen molar-refractivity contribution < 1.29 is 0 Å². The van der Waals surface area contributed by atoms with Crippen LogP contribution in [0.5, 0.6) is 0 Å². The van der Waals surface area contributed by atoms with Crippen LogP contribution in [0, 0.1) is 6.92 Å². The number of benzene rings is 1. The largest absolute Gasteiger partial charge is 0.237 e. The summed E-state index contributed by atoms with van der Waals surface area (Å²) in [4.78, 5) is 0. The highest BCUT2D eigenvalue weighted by molar-refractivity contribution is 8.22. The third-order valence-corrected chi connectivity index (χ3v) is 6.17. The number of hydrogen-bond acceptors (Lipinski definition) is 3. The zero-order valence-electron chi connectivity index (χ0n) is 13.2. The Hall–Kier alpha value is -1.65. The molecule has 2 nitrogen and oxygen atoms in total. The fourth-order valence-corrected chi connectivity index (χ4v) is 4.83. The van der Waals surface area contributed by atoms with Gasteiger partial charge in [0, 0.05) is 15.5 Å². The van der Waals surface area contributed by atoms with Gasteiger partial charge in [-0.15, -0.1) is 23.5 Å². The molecule has 23 heavy (non-hydrogen) atoms. The lowest BCUT2D eigenvalue weighted by molar-refractivity contribution is 0.847. The quantitative estimate of drug-likeness (QED) is 0.688. The predicted octanol–water partition coefficient (Wildman–Crippen LogP) is 5.46. The molecule has 3 rings (SSSR count). The van der Waals surface area contributed by atoms with Crippen molar-refractivity contribution in [2.24, 2.45) is 0 Å². The van der Waals surface area contributed by atoms with E-state index in [1.807, 2.05) is 58.7 Å². The Kier molecular flexibility index (Phi) is 5.47. The summed E-state index contributed by atoms with van der Waals surface area (Å²) in [6.07, 6.45) is 9.54. The van der Waals surface area contributed by atoms with Crippen LogP contribution in [0.4, 0.5) is 0 Å². The summed E-state index contributed by atoms with van der Waals surface area (Å²) < 4.78 is 3.36. The fraction of sp³-hybridized carbons (Fsp3) is 0.211. The van der Waals surface area contributed by atoms with Crippen molar-refractivity contribution in [2.75, 3.05) is 11.5 Å². The smallest absolute Gasteiger partial charge is 0.0648 e. The monoisotopic (exact) mass is 340 g/mol. The molecule has 0 spiro atoms. The highest BCUT2D eigenvalue weighted by atomic mass is 32.2. The molecule has 0 radical (unpaired) electrons. The first-order chi connectivity index (χ1) is 11.3. The standard InChI is InChI=1S/C19H20N2S2/c1-3-16(13-19-22-10-7-11-23-19)12-17-14-20-21(15(17)2)18-8-5-4-6-9-18/h3-6,8-9,12-14H,1,7,10-11H2,2H3/b16-12+. The Balaban J connectivity index is 1.89. The van der Waals surface area contributed by atoms with Crippen LogP contribution in [0.2, 0.25) is 0 Å². The zero-order chi connectivity index (χ0) is 16.1. The first-order valence-corrected chi connectivity index (χ1v) is 9.66. The number of hydrogen-bond donors (Lipinski definition) is 0. The molecule has 1 aliphatic rings. The van der Waals surface area contributed by atoms with Gasteiger partial charge in [-0.1, -0.05) is 30.9 Å². The number of para-hydroxylation sites is 1. The molecule has 1 saturated heterocycles. The van der Waals surface area contributed by atoms with Crippen LogP contribution < -0.4 is 0 Å². The third-order valence-electron chi connectivity index (χ3n) is 3.67. The first kappa shape index (κ1) is 16.2. The van der Waals surface area contributed by atoms with E-state index >= 15 is 0 Å². The number of nitrogens with zero attached hydrogens (tertiary/aromatic N) is 2. The maximum Gasteiger partial charge on any atom is 0.0648 e. The summed E-state index contributed by atoms with van der Waals surface area (Å²) in [6.45, 7) is 6.06. The molecule has 0 atom stereocenters. The fourth-order valence-electron chi connectivity index (χ4n) is 2.40. The van der Waals surface area contributed by atoms with E-state index in [1.165, 1.54) is 22.2 Å². The van der Waals surface area contributed by atoms with Gasteiger partial charge < -0.3 is 0 Å². The van der Waals surface area contributed by atoms with Gasteiger partial charge >= 0.3 is 0 Å². The van der Waals surface area contributed by atoms with Crippen LogP contribution in [0.1, 0.15) is 17.7 Å². The minimum absolute atomic E-state index is 1.08. The van der Waals surface area contributed by atoms with E-state index in [-0.39, 0.29) is 0 Å². The highest BCUT2D eigenvalue weighted by Gasteiger charge is 2.08. The van der Waals surface area contributed by atoms with Gasteiger partial charge in [-0.2, -0.15) is 5.10 Å². The molecule has 0 N–H and O–H groups in total. The lowest BCUT2D eigenvalue weighted by atomic mass is 10.1. The molecule has 0 unspecified atom stereocenters. The van der Waals surface area contributed by atoms with Crippen LogP contribution in [0.3, 0.4) is 0 Å². The van der Waals surface area contributed by atoms with Crippen molar-refractivity contribution in [3.05, 3.63) is 76.3 Å². The van der Waals surface area contributed by atoms with Gasteiger partial charge in [0.25, 0.3) is 0 Å². The molecule has 1 aromatic carbocycles. The molecule has 1 fully saturated rings. The lowest BCUT2D eigenvalue weighted by Gasteiger charge is -2.12. The third kappa shape index (κ3) is 4.01. The molecule has 0 amide bonds. The summed E-state index contributed by atoms with van der Waals surface area (Å²) in [7, 11) is 0. The first-order valence-electron chi connectivity index (χ1n) is 7.69. The van der Waals surface area contributed by atoms with Gasteiger partial charge in [0.15, 0.2) is 0 Å². The van der Waals surface area contributed by atoms with Crippen molar-refractivity contribution in [3.63, 3.8) is 0 Å². The lowest BCUT2D eigenvalue weighted by Crippen LogP contribution is -1.98. The molecule has 2 heterocycles. The van der Waals surface area contributed by atoms with E-state index in [1.54, 1.807) is 0 Å². The van der Waals surface area contributed by atoms with Crippen LogP contribution >= 0.6 is 23.5 Å². The van der Waals surface area contributed by atoms with E-state index in [0.717, 1.165) is 22.5 Å². The van der Waals surface area contributed by atoms with E-state index < -0.39 is 0 Å². The Labute approximate surface area is 146 Å². The molecule has 118 valence electrons. The number of allylic oxidation sites excluding steroid dienone is 3. The molecule has 1 aliphatic heterocycles. The average molecular weight is 341 g/mol. The second-order valence-electron chi connectivity index (χ2n) is 5.29. The molecule has 0 aliphatic carbocycles. The molecular weight excluding hydrogens is 320 g/mol. The summed E-state index contributed by atoms with van der Waals surface area (Å²) in [5, 5.41) is 4.53. The van der Waals surface area contributed by atoms with Crippen LogP contribution in [0.15, 0.2) is 65.1 Å². The molecule has 2 aromatic rings. The number of rotatable bonds is 4. The molecule has 1 aromatic heterocycles. The Bertz CT molecular complexity index is 734. The van der Waals surface area contributed by atoms with Gasteiger partial charge in [0.2, 0.25) is 0 Å². The summed E-state index contributed by atoms with van der Waals surface area (Å²) >= 11 is 3.88. The van der Waals surface area contributed by atoms with E-state index in [9.17, 15) is 0 Å². The van der Waals surface area contributed by atoms with Crippen LogP contribution in [0.25, 0.3) is 11.8 Å². The van der Waals surface area contributed by atoms with E-state index in [0.29, 0.717) is 0 Å². The highest BCUT2D eigenvalue weighted by Crippen LogP contribution is 2.35. The van der Waals surface area contributed by atoms with Crippen molar-refractivity contribution in [3.8, 4) is 5.69 Å². The summed E-state index contributed by atoms with van der Waals surface area (Å²) in [6, 6.07) is 10.2. The second-order valence-corrected chi connectivity index (χ2v) is 7.83. The van der Waals surface area contributed by atoms with Crippen LogP contribution in [-0.4, -0.2) is 21.3 Å². The van der Waals surface area contributed by atoms with Crippen molar-refractivity contribution >= 4 is 29.6 Å². The van der Waals surface area contributed by atoms with Crippen molar-refractivity contribution in [2.45, 2.75) is 13.3 Å². The van der Waals surface area contributed by atoms with Crippen molar-refractivity contribution in [1.82, 2.24) is 9.78 Å². The minimum atomic E-state index is 1.08. The molecular formula is C19H20N2S2. The molecule has 4 heteroatoms. The topological polar surface area (TPSA) is 17.8 Å². The second kappa shape index (κ2) is 7.75. The van der Waals surface area contributed by atoms with Crippen LogP contribution in [-0.2, 0) is 0 Å². The van der Waals surface area contributed by atoms with Gasteiger partial charge in [0.1, 0.15) is 0 Å². The van der Waals surface area contributed by atoms with Gasteiger partial charge in [-0.05, 0) is 54.7 Å². The van der Waals surface area contributed by atoms with Gasteiger partial charge in [0.05, 0.1) is 11.9 Å². The van der Waals surface area contributed by atoms with Crippen molar-refractivity contribution in [1.29, 1.82) is 0 Å².